The van der Waals surface area contributed by atoms with Crippen LogP contribution in [0.25, 0.3) is 0 Å². The van der Waals surface area contributed by atoms with Gasteiger partial charge in [-0.15, -0.1) is 11.8 Å². The lowest BCUT2D eigenvalue weighted by atomic mass is 9.91. The molecule has 1 heterocycles. The Bertz CT molecular complexity index is 772. The second-order valence-electron chi connectivity index (χ2n) is 7.52. The fraction of sp³-hybridized carbons (Fsp3) is 0.478. The van der Waals surface area contributed by atoms with Gasteiger partial charge in [-0.3, -0.25) is 0 Å². The van der Waals surface area contributed by atoms with Crippen LogP contribution in [-0.4, -0.2) is 34.3 Å². The highest BCUT2D eigenvalue weighted by Crippen LogP contribution is 2.44. The third-order valence-electron chi connectivity index (χ3n) is 5.40. The first-order valence-electron chi connectivity index (χ1n) is 9.72. The molecule has 2 N–H and O–H groups in total. The first kappa shape index (κ1) is 20.2. The number of rotatable bonds is 5. The predicted molar refractivity (Wildman–Crippen MR) is 113 cm³/mol. The highest BCUT2D eigenvalue weighted by Gasteiger charge is 2.35. The zero-order valence-electron chi connectivity index (χ0n) is 16.6. The van der Waals surface area contributed by atoms with E-state index in [0.717, 1.165) is 12.2 Å². The minimum Gasteiger partial charge on any atom is -0.494 e. The van der Waals surface area contributed by atoms with Crippen LogP contribution in [0.2, 0.25) is 0 Å². The Morgan fingerprint density at radius 3 is 2.41 bits per heavy atom. The van der Waals surface area contributed by atoms with Crippen LogP contribution in [0.15, 0.2) is 36.4 Å². The van der Waals surface area contributed by atoms with Crippen molar-refractivity contribution in [3.63, 3.8) is 0 Å². The van der Waals surface area contributed by atoms with Crippen LogP contribution < -0.4 is 4.74 Å². The third kappa shape index (κ3) is 4.68. The molecule has 3 rings (SSSR count). The van der Waals surface area contributed by atoms with Crippen LogP contribution in [0.3, 0.4) is 0 Å². The molecule has 0 spiro atoms. The first-order chi connectivity index (χ1) is 12.9. The summed E-state index contributed by atoms with van der Waals surface area (Å²) in [5, 5.41) is 20.8. The summed E-state index contributed by atoms with van der Waals surface area (Å²) >= 11 is 1.68. The van der Waals surface area contributed by atoms with E-state index in [1.165, 1.54) is 27.8 Å². The molecule has 0 radical (unpaired) electrons. The molecular weight excluding hydrogens is 356 g/mol. The SMILES string of the molecule is CCOc1ccc(Cc2cc(C3SC(C)C(O)CC3O)c(C)cc2C)cc1. The van der Waals surface area contributed by atoms with Crippen molar-refractivity contribution in [2.24, 2.45) is 0 Å². The van der Waals surface area contributed by atoms with Crippen molar-refractivity contribution in [1.82, 2.24) is 0 Å². The topological polar surface area (TPSA) is 49.7 Å². The smallest absolute Gasteiger partial charge is 0.119 e. The maximum Gasteiger partial charge on any atom is 0.119 e. The van der Waals surface area contributed by atoms with Gasteiger partial charge in [0.15, 0.2) is 0 Å². The number of aliphatic hydroxyl groups is 2. The van der Waals surface area contributed by atoms with Gasteiger partial charge >= 0.3 is 0 Å². The summed E-state index contributed by atoms with van der Waals surface area (Å²) in [4.78, 5) is 0. The summed E-state index contributed by atoms with van der Waals surface area (Å²) in [6, 6.07) is 12.8. The molecule has 0 amide bonds. The third-order valence-corrected chi connectivity index (χ3v) is 7.00. The normalized spacial score (nSPS) is 25.4. The molecule has 1 aliphatic rings. The monoisotopic (exact) mass is 386 g/mol. The molecule has 0 saturated carbocycles. The Balaban J connectivity index is 1.85. The van der Waals surface area contributed by atoms with Crippen molar-refractivity contribution in [2.75, 3.05) is 6.61 Å². The van der Waals surface area contributed by atoms with E-state index in [1.54, 1.807) is 11.8 Å². The van der Waals surface area contributed by atoms with E-state index < -0.39 is 12.2 Å². The fourth-order valence-corrected chi connectivity index (χ4v) is 5.21. The largest absolute Gasteiger partial charge is 0.494 e. The summed E-state index contributed by atoms with van der Waals surface area (Å²) < 4.78 is 5.53. The molecule has 2 aromatic carbocycles. The van der Waals surface area contributed by atoms with Gasteiger partial charge in [0, 0.05) is 11.7 Å². The lowest BCUT2D eigenvalue weighted by molar-refractivity contribution is 0.0708. The van der Waals surface area contributed by atoms with Crippen LogP contribution in [0.4, 0.5) is 0 Å². The molecule has 27 heavy (non-hydrogen) atoms. The van der Waals surface area contributed by atoms with Gasteiger partial charge in [-0.2, -0.15) is 0 Å². The van der Waals surface area contributed by atoms with Crippen molar-refractivity contribution in [2.45, 2.75) is 63.2 Å². The molecule has 1 aliphatic heterocycles. The van der Waals surface area contributed by atoms with E-state index in [2.05, 4.69) is 38.1 Å². The van der Waals surface area contributed by atoms with Crippen molar-refractivity contribution in [1.29, 1.82) is 0 Å². The number of aliphatic hydroxyl groups excluding tert-OH is 2. The van der Waals surface area contributed by atoms with E-state index in [4.69, 9.17) is 4.74 Å². The molecule has 3 nitrogen and oxygen atoms in total. The van der Waals surface area contributed by atoms with Gasteiger partial charge in [-0.1, -0.05) is 31.2 Å². The van der Waals surface area contributed by atoms with Crippen LogP contribution in [-0.2, 0) is 6.42 Å². The number of hydrogen-bond donors (Lipinski definition) is 2. The second kappa shape index (κ2) is 8.68. The van der Waals surface area contributed by atoms with Gasteiger partial charge < -0.3 is 14.9 Å². The number of ether oxygens (including phenoxy) is 1. The minimum atomic E-state index is -0.513. The maximum atomic E-state index is 10.6. The Hall–Kier alpha value is -1.49. The van der Waals surface area contributed by atoms with Gasteiger partial charge in [0.1, 0.15) is 5.75 Å². The van der Waals surface area contributed by atoms with Crippen LogP contribution >= 0.6 is 11.8 Å². The van der Waals surface area contributed by atoms with Crippen molar-refractivity contribution in [3.8, 4) is 5.75 Å². The lowest BCUT2D eigenvalue weighted by Crippen LogP contribution is -2.35. The molecular formula is C23H30O3S. The molecule has 0 aliphatic carbocycles. The summed E-state index contributed by atoms with van der Waals surface area (Å²) in [6.45, 7) is 8.97. The Labute approximate surface area is 166 Å². The first-order valence-corrected chi connectivity index (χ1v) is 10.7. The summed E-state index contributed by atoms with van der Waals surface area (Å²) in [5.41, 5.74) is 6.21. The molecule has 0 aromatic heterocycles. The zero-order chi connectivity index (χ0) is 19.6. The molecule has 1 fully saturated rings. The van der Waals surface area contributed by atoms with E-state index in [1.807, 2.05) is 26.0 Å². The van der Waals surface area contributed by atoms with Gasteiger partial charge in [-0.25, -0.2) is 0 Å². The lowest BCUT2D eigenvalue weighted by Gasteiger charge is -2.36. The highest BCUT2D eigenvalue weighted by atomic mass is 32.2. The van der Waals surface area contributed by atoms with Crippen LogP contribution in [0, 0.1) is 13.8 Å². The van der Waals surface area contributed by atoms with Gasteiger partial charge in [0.2, 0.25) is 0 Å². The second-order valence-corrected chi connectivity index (χ2v) is 9.04. The molecule has 2 aromatic rings. The molecule has 146 valence electrons. The minimum absolute atomic E-state index is 0.0167. The van der Waals surface area contributed by atoms with Gasteiger partial charge in [-0.05, 0) is 67.1 Å². The highest BCUT2D eigenvalue weighted by molar-refractivity contribution is 8.00. The number of hydrogen-bond acceptors (Lipinski definition) is 4. The van der Waals surface area contributed by atoms with E-state index in [0.29, 0.717) is 13.0 Å². The Morgan fingerprint density at radius 2 is 1.74 bits per heavy atom. The number of aryl methyl sites for hydroxylation is 2. The van der Waals surface area contributed by atoms with Gasteiger partial charge in [0.05, 0.1) is 24.1 Å². The average molecular weight is 387 g/mol. The van der Waals surface area contributed by atoms with E-state index in [9.17, 15) is 10.2 Å². The Morgan fingerprint density at radius 1 is 1.04 bits per heavy atom. The molecule has 4 unspecified atom stereocenters. The van der Waals surface area contributed by atoms with Crippen molar-refractivity contribution < 1.29 is 14.9 Å². The summed E-state index contributed by atoms with van der Waals surface area (Å²) in [5.74, 6) is 0.900. The van der Waals surface area contributed by atoms with Crippen LogP contribution in [0.5, 0.6) is 5.75 Å². The Kier molecular flexibility index (Phi) is 6.51. The van der Waals surface area contributed by atoms with Gasteiger partial charge in [0.25, 0.3) is 0 Å². The average Bonchev–Trinajstić information content (AvgIpc) is 2.62. The summed E-state index contributed by atoms with van der Waals surface area (Å²) in [6.07, 6.45) is 0.355. The molecule has 4 atom stereocenters. The van der Waals surface area contributed by atoms with E-state index >= 15 is 0 Å². The number of benzene rings is 2. The molecule has 0 bridgehead atoms. The predicted octanol–water partition coefficient (Wildman–Crippen LogP) is 4.58. The maximum absolute atomic E-state index is 10.6. The summed E-state index contributed by atoms with van der Waals surface area (Å²) in [7, 11) is 0. The van der Waals surface area contributed by atoms with Crippen molar-refractivity contribution >= 4 is 11.8 Å². The van der Waals surface area contributed by atoms with Crippen molar-refractivity contribution in [3.05, 3.63) is 64.2 Å². The molecule has 4 heteroatoms. The fourth-order valence-electron chi connectivity index (χ4n) is 3.76. The zero-order valence-corrected chi connectivity index (χ0v) is 17.4. The van der Waals surface area contributed by atoms with Crippen LogP contribution in [0.1, 0.15) is 53.3 Å². The standard InChI is InChI=1S/C23H30O3S/c1-5-26-19-8-6-17(7-9-19)11-18-12-20(15(3)10-14(18)2)23-22(25)13-21(24)16(4)27-23/h6-10,12,16,21-25H,5,11,13H2,1-4H3. The molecule has 1 saturated heterocycles. The van der Waals surface area contributed by atoms with E-state index in [-0.39, 0.29) is 10.5 Å². The number of thioether (sulfide) groups is 1. The quantitative estimate of drug-likeness (QED) is 0.790.